The van der Waals surface area contributed by atoms with Crippen molar-refractivity contribution in [1.29, 1.82) is 0 Å². The van der Waals surface area contributed by atoms with E-state index in [1.54, 1.807) is 17.5 Å². The third-order valence-electron chi connectivity index (χ3n) is 2.79. The zero-order valence-corrected chi connectivity index (χ0v) is 10.8. The fourth-order valence-corrected chi connectivity index (χ4v) is 3.15. The minimum atomic E-state index is -0.321. The number of hydrogen-bond acceptors (Lipinski definition) is 4. The minimum Gasteiger partial charge on any atom is -0.261 e. The Morgan fingerprint density at radius 1 is 1.41 bits per heavy atom. The van der Waals surface area contributed by atoms with Crippen LogP contribution < -0.4 is 0 Å². The number of hydrogen-bond donors (Lipinski definition) is 1. The molecule has 2 nitrogen and oxygen atoms in total. The van der Waals surface area contributed by atoms with Crippen LogP contribution in [-0.2, 0) is 5.75 Å². The van der Waals surface area contributed by atoms with Crippen molar-refractivity contribution in [2.24, 2.45) is 0 Å². The first-order valence-electron chi connectivity index (χ1n) is 5.49. The Kier molecular flexibility index (Phi) is 2.88. The van der Waals surface area contributed by atoms with Gasteiger partial charge in [-0.3, -0.25) is 4.98 Å². The van der Waals surface area contributed by atoms with Gasteiger partial charge in [0.25, 0.3) is 0 Å². The summed E-state index contributed by atoms with van der Waals surface area (Å²) in [4.78, 5) is 9.68. The fourth-order valence-electron chi connectivity index (χ4n) is 1.80. The van der Waals surface area contributed by atoms with Crippen molar-refractivity contribution in [1.82, 2.24) is 9.97 Å². The highest BCUT2D eigenvalue weighted by Gasteiger charge is 2.29. The monoisotopic (exact) mass is 266 g/mol. The molecule has 5 heteroatoms. The first-order chi connectivity index (χ1) is 8.28. The van der Waals surface area contributed by atoms with E-state index in [0.717, 1.165) is 16.3 Å². The lowest BCUT2D eigenvalue weighted by molar-refractivity contribution is 0.622. The molecule has 0 radical (unpaired) electrons. The summed E-state index contributed by atoms with van der Waals surface area (Å²) in [5.74, 6) is 0.980. The normalized spacial score (nSPS) is 15.2. The Bertz CT molecular complexity index is 549. The second-order valence-corrected chi connectivity index (χ2v) is 5.55. The van der Waals surface area contributed by atoms with Crippen LogP contribution in [0.2, 0.25) is 0 Å². The molecule has 1 fully saturated rings. The maximum Gasteiger partial charge on any atom is 0.142 e. The van der Waals surface area contributed by atoms with E-state index < -0.39 is 0 Å². The van der Waals surface area contributed by atoms with Crippen LogP contribution in [0.25, 0.3) is 10.6 Å². The Morgan fingerprint density at radius 2 is 2.24 bits per heavy atom. The summed E-state index contributed by atoms with van der Waals surface area (Å²) in [5, 5.41) is 0.850. The van der Waals surface area contributed by atoms with E-state index in [2.05, 4.69) is 22.6 Å². The predicted molar refractivity (Wildman–Crippen MR) is 70.0 cm³/mol. The highest BCUT2D eigenvalue weighted by molar-refractivity contribution is 7.79. The molecule has 3 rings (SSSR count). The van der Waals surface area contributed by atoms with Gasteiger partial charge in [-0.15, -0.1) is 11.3 Å². The number of nitrogens with zero attached hydrogens (tertiary/aromatic N) is 2. The highest BCUT2D eigenvalue weighted by Crippen LogP contribution is 2.44. The van der Waals surface area contributed by atoms with Crippen molar-refractivity contribution in [3.05, 3.63) is 34.8 Å². The maximum absolute atomic E-state index is 13.1. The molecule has 1 aliphatic rings. The lowest BCUT2D eigenvalue weighted by Crippen LogP contribution is -1.85. The molecule has 2 aromatic rings. The standard InChI is InChI=1S/C12H11FN2S2/c13-9-3-8(4-14-5-9)12-15-11(7-1-2-7)10(6-16)17-12/h3-5,7,16H,1-2,6H2. The van der Waals surface area contributed by atoms with E-state index in [1.165, 1.54) is 30.0 Å². The molecule has 0 unspecified atom stereocenters. The molecule has 0 saturated heterocycles. The summed E-state index contributed by atoms with van der Waals surface area (Å²) < 4.78 is 13.1. The number of rotatable bonds is 3. The summed E-state index contributed by atoms with van der Waals surface area (Å²) in [5.41, 5.74) is 1.91. The third-order valence-corrected chi connectivity index (χ3v) is 4.44. The van der Waals surface area contributed by atoms with Gasteiger partial charge in [-0.2, -0.15) is 12.6 Å². The lowest BCUT2D eigenvalue weighted by atomic mass is 10.2. The first kappa shape index (κ1) is 11.2. The van der Waals surface area contributed by atoms with Gasteiger partial charge in [0.2, 0.25) is 0 Å². The van der Waals surface area contributed by atoms with E-state index in [0.29, 0.717) is 11.7 Å². The molecular formula is C12H11FN2S2. The van der Waals surface area contributed by atoms with Crippen LogP contribution in [0.15, 0.2) is 18.5 Å². The molecule has 0 bridgehead atoms. The molecule has 1 aliphatic carbocycles. The van der Waals surface area contributed by atoms with E-state index >= 15 is 0 Å². The second-order valence-electron chi connectivity index (χ2n) is 4.15. The van der Waals surface area contributed by atoms with Crippen LogP contribution in [0, 0.1) is 5.82 Å². The molecule has 0 N–H and O–H groups in total. The summed E-state index contributed by atoms with van der Waals surface area (Å²) in [7, 11) is 0. The van der Waals surface area contributed by atoms with E-state index in [1.807, 2.05) is 0 Å². The molecule has 0 aliphatic heterocycles. The number of halogens is 1. The number of pyridine rings is 1. The van der Waals surface area contributed by atoms with Crippen molar-refractivity contribution in [2.75, 3.05) is 0 Å². The van der Waals surface area contributed by atoms with Gasteiger partial charge in [0.1, 0.15) is 10.8 Å². The Balaban J connectivity index is 2.03. The van der Waals surface area contributed by atoms with Gasteiger partial charge in [0.05, 0.1) is 11.9 Å². The zero-order chi connectivity index (χ0) is 11.8. The minimum absolute atomic E-state index is 0.321. The first-order valence-corrected chi connectivity index (χ1v) is 6.94. The molecule has 2 aromatic heterocycles. The van der Waals surface area contributed by atoms with Crippen LogP contribution in [0.5, 0.6) is 0 Å². The smallest absolute Gasteiger partial charge is 0.142 e. The fraction of sp³-hybridized carbons (Fsp3) is 0.333. The summed E-state index contributed by atoms with van der Waals surface area (Å²) in [6.45, 7) is 0. The highest BCUT2D eigenvalue weighted by atomic mass is 32.1. The molecule has 88 valence electrons. The van der Waals surface area contributed by atoms with Crippen molar-refractivity contribution >= 4 is 24.0 Å². The average Bonchev–Trinajstić information content (AvgIpc) is 3.08. The van der Waals surface area contributed by atoms with Gasteiger partial charge in [-0.1, -0.05) is 0 Å². The molecular weight excluding hydrogens is 255 g/mol. The van der Waals surface area contributed by atoms with Gasteiger partial charge >= 0.3 is 0 Å². The second kappa shape index (κ2) is 4.38. The molecule has 0 amide bonds. The predicted octanol–water partition coefficient (Wildman–Crippen LogP) is 3.65. The van der Waals surface area contributed by atoms with E-state index in [-0.39, 0.29) is 5.82 Å². The van der Waals surface area contributed by atoms with Crippen molar-refractivity contribution in [3.63, 3.8) is 0 Å². The van der Waals surface area contributed by atoms with Crippen molar-refractivity contribution < 1.29 is 4.39 Å². The zero-order valence-electron chi connectivity index (χ0n) is 9.06. The molecule has 0 atom stereocenters. The molecule has 2 heterocycles. The van der Waals surface area contributed by atoms with Crippen LogP contribution >= 0.6 is 24.0 Å². The van der Waals surface area contributed by atoms with Gasteiger partial charge in [-0.05, 0) is 18.9 Å². The third kappa shape index (κ3) is 2.21. The quantitative estimate of drug-likeness (QED) is 0.858. The van der Waals surface area contributed by atoms with Gasteiger partial charge in [-0.25, -0.2) is 9.37 Å². The average molecular weight is 266 g/mol. The van der Waals surface area contributed by atoms with Gasteiger partial charge in [0.15, 0.2) is 0 Å². The number of thiol groups is 1. The largest absolute Gasteiger partial charge is 0.261 e. The molecule has 17 heavy (non-hydrogen) atoms. The molecule has 0 aromatic carbocycles. The lowest BCUT2D eigenvalue weighted by Gasteiger charge is -1.94. The van der Waals surface area contributed by atoms with Gasteiger partial charge in [0, 0.05) is 28.3 Å². The van der Waals surface area contributed by atoms with Crippen molar-refractivity contribution in [3.8, 4) is 10.6 Å². The molecule has 1 saturated carbocycles. The number of aromatic nitrogens is 2. The Morgan fingerprint density at radius 3 is 2.88 bits per heavy atom. The van der Waals surface area contributed by atoms with Crippen molar-refractivity contribution in [2.45, 2.75) is 24.5 Å². The summed E-state index contributed by atoms with van der Waals surface area (Å²) in [6.07, 6.45) is 5.29. The van der Waals surface area contributed by atoms with E-state index in [9.17, 15) is 4.39 Å². The SMILES string of the molecule is Fc1cncc(-c2nc(C3CC3)c(CS)s2)c1. The van der Waals surface area contributed by atoms with Crippen LogP contribution in [0.4, 0.5) is 4.39 Å². The summed E-state index contributed by atoms with van der Waals surface area (Å²) >= 11 is 5.92. The maximum atomic E-state index is 13.1. The van der Waals surface area contributed by atoms with E-state index in [4.69, 9.17) is 0 Å². The Hall–Kier alpha value is -0.940. The van der Waals surface area contributed by atoms with Crippen LogP contribution in [0.3, 0.4) is 0 Å². The Labute approximate surface area is 108 Å². The van der Waals surface area contributed by atoms with Gasteiger partial charge < -0.3 is 0 Å². The van der Waals surface area contributed by atoms with Crippen LogP contribution in [0.1, 0.15) is 29.3 Å². The molecule has 0 spiro atoms. The summed E-state index contributed by atoms with van der Waals surface area (Å²) in [6, 6.07) is 1.48. The van der Waals surface area contributed by atoms with Crippen LogP contribution in [-0.4, -0.2) is 9.97 Å². The number of thiazole rings is 1. The topological polar surface area (TPSA) is 25.8 Å².